The molecule has 0 aromatic heterocycles. The Balaban J connectivity index is 0.00000126. The molecule has 7 nitrogen and oxygen atoms in total. The first-order valence-corrected chi connectivity index (χ1v) is 9.37. The average Bonchev–Trinajstić information content (AvgIpc) is 2.88. The van der Waals surface area contributed by atoms with Crippen LogP contribution in [-0.2, 0) is 14.0 Å². The van der Waals surface area contributed by atoms with E-state index in [0.717, 1.165) is 11.0 Å². The molecule has 8 heteroatoms. The highest BCUT2D eigenvalue weighted by Crippen LogP contribution is 2.32. The Morgan fingerprint density at radius 3 is 2.74 bits per heavy atom. The van der Waals surface area contributed by atoms with Gasteiger partial charge in [-0.15, -0.1) is 0 Å². The number of aliphatic hydroxyl groups excluding tert-OH is 1. The fourth-order valence-corrected chi connectivity index (χ4v) is 2.85. The van der Waals surface area contributed by atoms with E-state index >= 15 is 0 Å². The Morgan fingerprint density at radius 1 is 1.41 bits per heavy atom. The van der Waals surface area contributed by atoms with E-state index in [-0.39, 0.29) is 25.9 Å². The zero-order valence-electron chi connectivity index (χ0n) is 17.0. The molecule has 2 heterocycles. The minimum atomic E-state index is -0.853. The Morgan fingerprint density at radius 2 is 2.11 bits per heavy atom. The van der Waals surface area contributed by atoms with Crippen LogP contribution in [0.25, 0.3) is 0 Å². The van der Waals surface area contributed by atoms with E-state index in [4.69, 9.17) is 18.8 Å². The lowest BCUT2D eigenvalue weighted by Gasteiger charge is -2.27. The molecule has 27 heavy (non-hydrogen) atoms. The highest BCUT2D eigenvalue weighted by molar-refractivity contribution is 6.64. The van der Waals surface area contributed by atoms with Gasteiger partial charge in [-0.1, -0.05) is 26.0 Å². The molecule has 2 unspecified atom stereocenters. The summed E-state index contributed by atoms with van der Waals surface area (Å²) in [5, 5.41) is 12.3. The number of rotatable bonds is 3. The second-order valence-electron chi connectivity index (χ2n) is 7.61. The molecule has 2 atom stereocenters. The normalized spacial score (nSPS) is 23.4. The molecule has 0 saturated carbocycles. The van der Waals surface area contributed by atoms with E-state index < -0.39 is 24.4 Å². The number of ether oxygens (including phenoxy) is 2. The summed E-state index contributed by atoms with van der Waals surface area (Å²) in [5.41, 5.74) is 0.306. The highest BCUT2D eigenvalue weighted by atomic mass is 16.6. The molecule has 1 aromatic rings. The molecule has 2 aliphatic heterocycles. The van der Waals surface area contributed by atoms with Crippen LogP contribution in [0.2, 0.25) is 0 Å². The lowest BCUT2D eigenvalue weighted by Crippen LogP contribution is -2.45. The van der Waals surface area contributed by atoms with Crippen molar-refractivity contribution >= 4 is 18.7 Å². The maximum atomic E-state index is 11.9. The molecule has 1 amide bonds. The van der Waals surface area contributed by atoms with Crippen LogP contribution in [0.15, 0.2) is 18.2 Å². The SMILES string of the molecule is CC.CC(C)(C)OC(=O)NCC1OB2OC(C)(CO)COc3cccc1c32. The van der Waals surface area contributed by atoms with Crippen molar-refractivity contribution in [2.75, 3.05) is 19.8 Å². The number of benzene rings is 1. The quantitative estimate of drug-likeness (QED) is 0.783. The van der Waals surface area contributed by atoms with Crippen LogP contribution in [0.4, 0.5) is 4.79 Å². The second kappa shape index (κ2) is 8.50. The lowest BCUT2D eigenvalue weighted by molar-refractivity contribution is -0.0270. The maximum Gasteiger partial charge on any atom is 0.499 e. The fraction of sp³-hybridized carbons (Fsp3) is 0.632. The molecule has 0 fully saturated rings. The molecule has 0 radical (unpaired) electrons. The van der Waals surface area contributed by atoms with E-state index in [0.29, 0.717) is 5.75 Å². The number of carbonyl (C=O) groups is 1. The summed E-state index contributed by atoms with van der Waals surface area (Å²) >= 11 is 0. The van der Waals surface area contributed by atoms with Gasteiger partial charge in [0, 0.05) is 12.0 Å². The Hall–Kier alpha value is -1.77. The van der Waals surface area contributed by atoms with Gasteiger partial charge in [0.2, 0.25) is 0 Å². The van der Waals surface area contributed by atoms with Gasteiger partial charge in [-0.25, -0.2) is 4.79 Å². The molecule has 1 aromatic carbocycles. The number of nitrogens with one attached hydrogen (secondary N) is 1. The van der Waals surface area contributed by atoms with Gasteiger partial charge in [-0.2, -0.15) is 0 Å². The van der Waals surface area contributed by atoms with Crippen molar-refractivity contribution in [3.63, 3.8) is 0 Å². The predicted molar refractivity (Wildman–Crippen MR) is 103 cm³/mol. The van der Waals surface area contributed by atoms with E-state index in [1.165, 1.54) is 0 Å². The van der Waals surface area contributed by atoms with Crippen LogP contribution in [0, 0.1) is 0 Å². The molecule has 3 rings (SSSR count). The van der Waals surface area contributed by atoms with E-state index in [2.05, 4.69) is 5.32 Å². The molecule has 2 aliphatic rings. The Bertz CT molecular complexity index is 662. The largest absolute Gasteiger partial charge is 0.499 e. The third-order valence-corrected chi connectivity index (χ3v) is 4.06. The number of carbonyl (C=O) groups excluding carboxylic acids is 1. The molecule has 0 spiro atoms. The minimum Gasteiger partial charge on any atom is -0.491 e. The van der Waals surface area contributed by atoms with Crippen molar-refractivity contribution in [2.45, 2.75) is 58.8 Å². The zero-order valence-corrected chi connectivity index (χ0v) is 17.0. The van der Waals surface area contributed by atoms with E-state index in [1.807, 2.05) is 52.8 Å². The topological polar surface area (TPSA) is 86.3 Å². The third-order valence-electron chi connectivity index (χ3n) is 4.06. The smallest absolute Gasteiger partial charge is 0.491 e. The van der Waals surface area contributed by atoms with Crippen LogP contribution < -0.4 is 15.5 Å². The third kappa shape index (κ3) is 5.15. The van der Waals surface area contributed by atoms with Crippen LogP contribution in [-0.4, -0.2) is 49.3 Å². The van der Waals surface area contributed by atoms with Crippen LogP contribution in [0.3, 0.4) is 0 Å². The average molecular weight is 379 g/mol. The number of hydrogen-bond acceptors (Lipinski definition) is 6. The lowest BCUT2D eigenvalue weighted by atomic mass is 9.77. The minimum absolute atomic E-state index is 0.184. The molecular weight excluding hydrogens is 349 g/mol. The van der Waals surface area contributed by atoms with Gasteiger partial charge < -0.3 is 29.2 Å². The number of hydrogen-bond donors (Lipinski definition) is 2. The van der Waals surface area contributed by atoms with Crippen molar-refractivity contribution in [2.24, 2.45) is 0 Å². The monoisotopic (exact) mass is 379 g/mol. The summed E-state index contributed by atoms with van der Waals surface area (Å²) < 4.78 is 23.0. The van der Waals surface area contributed by atoms with E-state index in [9.17, 15) is 9.90 Å². The molecule has 0 bridgehead atoms. The first kappa shape index (κ1) is 21.5. The van der Waals surface area contributed by atoms with Gasteiger partial charge in [0.1, 0.15) is 23.6 Å². The van der Waals surface area contributed by atoms with Gasteiger partial charge >= 0.3 is 13.2 Å². The molecular formula is C19H30BNO6. The van der Waals surface area contributed by atoms with Crippen molar-refractivity contribution in [3.05, 3.63) is 23.8 Å². The zero-order chi connectivity index (χ0) is 20.2. The van der Waals surface area contributed by atoms with Crippen molar-refractivity contribution in [3.8, 4) is 5.75 Å². The number of aliphatic hydroxyl groups is 1. The van der Waals surface area contributed by atoms with Crippen LogP contribution in [0.5, 0.6) is 5.75 Å². The molecule has 0 aliphatic carbocycles. The van der Waals surface area contributed by atoms with Crippen molar-refractivity contribution in [1.82, 2.24) is 5.32 Å². The van der Waals surface area contributed by atoms with Gasteiger partial charge in [-0.05, 0) is 39.3 Å². The van der Waals surface area contributed by atoms with Gasteiger partial charge in [0.05, 0.1) is 12.7 Å². The Labute approximate surface area is 161 Å². The van der Waals surface area contributed by atoms with Crippen LogP contribution in [0.1, 0.15) is 53.2 Å². The fourth-order valence-electron chi connectivity index (χ4n) is 2.85. The number of alkyl carbamates (subject to hydrolysis) is 1. The van der Waals surface area contributed by atoms with Gasteiger partial charge in [0.15, 0.2) is 0 Å². The first-order chi connectivity index (χ1) is 12.7. The summed E-state index contributed by atoms with van der Waals surface area (Å²) in [6.45, 7) is 11.5. The predicted octanol–water partition coefficient (Wildman–Crippen LogP) is 2.16. The summed E-state index contributed by atoms with van der Waals surface area (Å²) in [6, 6.07) is 5.65. The van der Waals surface area contributed by atoms with Crippen LogP contribution >= 0.6 is 0 Å². The molecule has 150 valence electrons. The summed E-state index contributed by atoms with van der Waals surface area (Å²) in [4.78, 5) is 11.9. The molecule has 0 saturated heterocycles. The summed E-state index contributed by atoms with van der Waals surface area (Å²) in [5.74, 6) is 0.680. The maximum absolute atomic E-state index is 11.9. The van der Waals surface area contributed by atoms with E-state index in [1.54, 1.807) is 6.92 Å². The van der Waals surface area contributed by atoms with Gasteiger partial charge in [0.25, 0.3) is 0 Å². The highest BCUT2D eigenvalue weighted by Gasteiger charge is 2.46. The second-order valence-corrected chi connectivity index (χ2v) is 7.61. The first-order valence-electron chi connectivity index (χ1n) is 9.37. The Kier molecular flexibility index (Phi) is 6.78. The summed E-state index contributed by atoms with van der Waals surface area (Å²) in [6.07, 6.45) is -0.876. The number of amides is 1. The van der Waals surface area contributed by atoms with Gasteiger partial charge in [-0.3, -0.25) is 0 Å². The van der Waals surface area contributed by atoms with Crippen molar-refractivity contribution < 1.29 is 28.7 Å². The standard InChI is InChI=1S/C17H24BNO6.C2H6/c1-16(2,3)23-15(21)19-8-13-11-6-5-7-12-14(11)18(24-13)25-17(4,9-20)10-22-12;1-2/h5-7,13,20H,8-10H2,1-4H3,(H,19,21);1-2H3. The molecule has 2 N–H and O–H groups in total. The summed E-state index contributed by atoms with van der Waals surface area (Å²) in [7, 11) is -0.642. The van der Waals surface area contributed by atoms with Crippen molar-refractivity contribution in [1.29, 1.82) is 0 Å².